The Balaban J connectivity index is 2.27. The number of nitrogens with zero attached hydrogens (tertiary/aromatic N) is 1. The average Bonchev–Trinajstić information content (AvgIpc) is 2.31. The lowest BCUT2D eigenvalue weighted by Gasteiger charge is -2.37. The third kappa shape index (κ3) is 4.88. The first-order valence-electron chi connectivity index (χ1n) is 7.79. The molecule has 21 heavy (non-hydrogen) atoms. The minimum Gasteiger partial charge on any atom is -0.481 e. The molecule has 3 N–H and O–H groups in total. The molecule has 6 nitrogen and oxygen atoms in total. The minimum atomic E-state index is -0.806. The highest BCUT2D eigenvalue weighted by Crippen LogP contribution is 2.40. The fraction of sp³-hybridized carbons (Fsp3) is 0.867. The van der Waals surface area contributed by atoms with E-state index in [0.29, 0.717) is 31.5 Å². The van der Waals surface area contributed by atoms with Crippen molar-refractivity contribution in [2.24, 2.45) is 5.41 Å². The van der Waals surface area contributed by atoms with Gasteiger partial charge >= 0.3 is 12.0 Å². The van der Waals surface area contributed by atoms with Gasteiger partial charge in [-0.15, -0.1) is 0 Å². The molecule has 1 fully saturated rings. The Morgan fingerprint density at radius 3 is 2.10 bits per heavy atom. The Hall–Kier alpha value is -1.30. The third-order valence-electron chi connectivity index (χ3n) is 4.33. The standard InChI is InChI=1S/C15H29N3O3/c1-11(2)18(12(3)4)9-8-16-14(21)17-10-15(13(19)20)6-5-7-15/h11-12H,5-10H2,1-4H3,(H,19,20)(H2,16,17,21). The smallest absolute Gasteiger partial charge is 0.314 e. The van der Waals surface area contributed by atoms with Crippen molar-refractivity contribution in [2.75, 3.05) is 19.6 Å². The summed E-state index contributed by atoms with van der Waals surface area (Å²) in [5.41, 5.74) is -0.737. The summed E-state index contributed by atoms with van der Waals surface area (Å²) in [4.78, 5) is 25.2. The zero-order chi connectivity index (χ0) is 16.0. The van der Waals surface area contributed by atoms with E-state index >= 15 is 0 Å². The van der Waals surface area contributed by atoms with Crippen molar-refractivity contribution in [1.29, 1.82) is 0 Å². The van der Waals surface area contributed by atoms with Gasteiger partial charge in [0.1, 0.15) is 0 Å². The molecule has 0 bridgehead atoms. The first-order chi connectivity index (χ1) is 9.78. The van der Waals surface area contributed by atoms with Gasteiger partial charge in [0.2, 0.25) is 0 Å². The van der Waals surface area contributed by atoms with Crippen molar-refractivity contribution in [3.8, 4) is 0 Å². The van der Waals surface area contributed by atoms with Gasteiger partial charge in [0.15, 0.2) is 0 Å². The number of carbonyl (C=O) groups excluding carboxylic acids is 1. The monoisotopic (exact) mass is 299 g/mol. The van der Waals surface area contributed by atoms with Crippen molar-refractivity contribution in [1.82, 2.24) is 15.5 Å². The van der Waals surface area contributed by atoms with Gasteiger partial charge in [0.25, 0.3) is 0 Å². The number of nitrogens with one attached hydrogen (secondary N) is 2. The molecule has 0 spiro atoms. The number of aliphatic carboxylic acids is 1. The van der Waals surface area contributed by atoms with Gasteiger partial charge in [-0.2, -0.15) is 0 Å². The van der Waals surface area contributed by atoms with Crippen LogP contribution in [0.15, 0.2) is 0 Å². The Morgan fingerprint density at radius 1 is 1.14 bits per heavy atom. The van der Waals surface area contributed by atoms with Crippen molar-refractivity contribution in [2.45, 2.75) is 59.0 Å². The van der Waals surface area contributed by atoms with Crippen LogP contribution in [0.1, 0.15) is 47.0 Å². The van der Waals surface area contributed by atoms with E-state index in [4.69, 9.17) is 0 Å². The average molecular weight is 299 g/mol. The molecule has 2 amide bonds. The second-order valence-corrected chi connectivity index (χ2v) is 6.47. The number of carboxylic acid groups (broad SMARTS) is 1. The summed E-state index contributed by atoms with van der Waals surface area (Å²) >= 11 is 0. The Labute approximate surface area is 127 Å². The molecule has 1 saturated carbocycles. The second kappa shape index (κ2) is 7.64. The van der Waals surface area contributed by atoms with Gasteiger partial charge in [0.05, 0.1) is 5.41 Å². The fourth-order valence-electron chi connectivity index (χ4n) is 2.79. The van der Waals surface area contributed by atoms with Crippen LogP contribution in [-0.4, -0.2) is 53.7 Å². The number of rotatable bonds is 8. The summed E-state index contributed by atoms with van der Waals surface area (Å²) in [6.07, 6.45) is 2.22. The highest BCUT2D eigenvalue weighted by Gasteiger charge is 2.44. The maximum atomic E-state index is 11.7. The maximum absolute atomic E-state index is 11.7. The van der Waals surface area contributed by atoms with Crippen LogP contribution in [0.2, 0.25) is 0 Å². The number of amides is 2. The van der Waals surface area contributed by atoms with Crippen LogP contribution in [0.4, 0.5) is 4.79 Å². The molecule has 0 radical (unpaired) electrons. The predicted octanol–water partition coefficient (Wildman–Crippen LogP) is 1.66. The lowest BCUT2D eigenvalue weighted by atomic mass is 9.69. The Kier molecular flexibility index (Phi) is 6.45. The van der Waals surface area contributed by atoms with Crippen LogP contribution in [0.5, 0.6) is 0 Å². The number of carboxylic acids is 1. The van der Waals surface area contributed by atoms with Gasteiger partial charge in [-0.3, -0.25) is 9.69 Å². The summed E-state index contributed by atoms with van der Waals surface area (Å²) < 4.78 is 0. The largest absolute Gasteiger partial charge is 0.481 e. The molecule has 1 aliphatic rings. The molecule has 0 aromatic heterocycles. The van der Waals surface area contributed by atoms with Gasteiger partial charge in [-0.05, 0) is 40.5 Å². The fourth-order valence-corrected chi connectivity index (χ4v) is 2.79. The number of hydrogen-bond acceptors (Lipinski definition) is 3. The molecular weight excluding hydrogens is 270 g/mol. The van der Waals surface area contributed by atoms with E-state index < -0.39 is 11.4 Å². The van der Waals surface area contributed by atoms with Crippen LogP contribution in [0.25, 0.3) is 0 Å². The van der Waals surface area contributed by atoms with Crippen molar-refractivity contribution >= 4 is 12.0 Å². The zero-order valence-corrected chi connectivity index (χ0v) is 13.6. The second-order valence-electron chi connectivity index (χ2n) is 6.47. The Bertz CT molecular complexity index is 357. The molecule has 0 atom stereocenters. The molecule has 1 aliphatic carbocycles. The van der Waals surface area contributed by atoms with Crippen LogP contribution in [-0.2, 0) is 4.79 Å². The lowest BCUT2D eigenvalue weighted by Crippen LogP contribution is -2.50. The predicted molar refractivity (Wildman–Crippen MR) is 82.3 cm³/mol. The van der Waals surface area contributed by atoms with Crippen LogP contribution < -0.4 is 10.6 Å². The SMILES string of the molecule is CC(C)N(CCNC(=O)NCC1(C(=O)O)CCC1)C(C)C. The van der Waals surface area contributed by atoms with E-state index in [-0.39, 0.29) is 12.6 Å². The van der Waals surface area contributed by atoms with Crippen LogP contribution in [0.3, 0.4) is 0 Å². The number of hydrogen-bond donors (Lipinski definition) is 3. The van der Waals surface area contributed by atoms with E-state index in [9.17, 15) is 14.7 Å². The van der Waals surface area contributed by atoms with Gasteiger partial charge in [0, 0.05) is 31.7 Å². The molecule has 122 valence electrons. The molecule has 0 aromatic rings. The van der Waals surface area contributed by atoms with Gasteiger partial charge in [-0.1, -0.05) is 6.42 Å². The summed E-state index contributed by atoms with van der Waals surface area (Å²) in [6.45, 7) is 10.1. The summed E-state index contributed by atoms with van der Waals surface area (Å²) in [6, 6.07) is 0.579. The minimum absolute atomic E-state index is 0.215. The summed E-state index contributed by atoms with van der Waals surface area (Å²) in [5.74, 6) is -0.806. The Morgan fingerprint density at radius 2 is 1.71 bits per heavy atom. The zero-order valence-electron chi connectivity index (χ0n) is 13.6. The van der Waals surface area contributed by atoms with E-state index in [1.807, 2.05) is 0 Å². The molecule has 1 rings (SSSR count). The van der Waals surface area contributed by atoms with E-state index in [2.05, 4.69) is 43.2 Å². The summed E-state index contributed by atoms with van der Waals surface area (Å²) in [5, 5.41) is 14.7. The lowest BCUT2D eigenvalue weighted by molar-refractivity contribution is -0.153. The molecule has 0 aliphatic heterocycles. The molecule has 6 heteroatoms. The van der Waals surface area contributed by atoms with Crippen LogP contribution in [0, 0.1) is 5.41 Å². The molecule has 0 saturated heterocycles. The van der Waals surface area contributed by atoms with E-state index in [1.165, 1.54) is 0 Å². The highest BCUT2D eigenvalue weighted by molar-refractivity contribution is 5.78. The quantitative estimate of drug-likeness (QED) is 0.636. The molecular formula is C15H29N3O3. The number of urea groups is 1. The highest BCUT2D eigenvalue weighted by atomic mass is 16.4. The van der Waals surface area contributed by atoms with E-state index in [1.54, 1.807) is 0 Å². The topological polar surface area (TPSA) is 81.7 Å². The van der Waals surface area contributed by atoms with Gasteiger partial charge in [-0.25, -0.2) is 4.79 Å². The summed E-state index contributed by atoms with van der Waals surface area (Å²) in [7, 11) is 0. The normalized spacial score (nSPS) is 16.9. The molecule has 0 unspecified atom stereocenters. The van der Waals surface area contributed by atoms with Gasteiger partial charge < -0.3 is 15.7 Å². The molecule has 0 heterocycles. The molecule has 0 aromatic carbocycles. The first kappa shape index (κ1) is 17.8. The first-order valence-corrected chi connectivity index (χ1v) is 7.79. The van der Waals surface area contributed by atoms with E-state index in [0.717, 1.165) is 13.0 Å². The third-order valence-corrected chi connectivity index (χ3v) is 4.33. The van der Waals surface area contributed by atoms with Crippen molar-refractivity contribution < 1.29 is 14.7 Å². The van der Waals surface area contributed by atoms with Crippen molar-refractivity contribution in [3.05, 3.63) is 0 Å². The van der Waals surface area contributed by atoms with Crippen molar-refractivity contribution in [3.63, 3.8) is 0 Å². The maximum Gasteiger partial charge on any atom is 0.314 e. The van der Waals surface area contributed by atoms with Crippen LogP contribution >= 0.6 is 0 Å². The number of carbonyl (C=O) groups is 2.